The zero-order chi connectivity index (χ0) is 14.0. The van der Waals surface area contributed by atoms with Gasteiger partial charge in [0.1, 0.15) is 5.82 Å². The molecule has 4 nitrogen and oxygen atoms in total. The fourth-order valence-corrected chi connectivity index (χ4v) is 2.73. The van der Waals surface area contributed by atoms with E-state index in [-0.39, 0.29) is 0 Å². The molecule has 2 aromatic rings. The van der Waals surface area contributed by atoms with Gasteiger partial charge in [0.15, 0.2) is 0 Å². The summed E-state index contributed by atoms with van der Waals surface area (Å²) in [5.41, 5.74) is 1.82. The Morgan fingerprint density at radius 2 is 2.26 bits per heavy atom. The van der Waals surface area contributed by atoms with Crippen LogP contribution in [0.1, 0.15) is 38.6 Å². The molecule has 0 radical (unpaired) electrons. The lowest BCUT2D eigenvalue weighted by Crippen LogP contribution is -2.41. The van der Waals surface area contributed by atoms with Crippen LogP contribution in [0.25, 0.3) is 5.52 Å². The summed E-state index contributed by atoms with van der Waals surface area (Å²) in [7, 11) is 0. The predicted octanol–water partition coefficient (Wildman–Crippen LogP) is 2.65. The van der Waals surface area contributed by atoms with Gasteiger partial charge < -0.3 is 9.72 Å². The number of imidazole rings is 1. The molecule has 0 bridgehead atoms. The summed E-state index contributed by atoms with van der Waals surface area (Å²) in [6.07, 6.45) is 5.48. The van der Waals surface area contributed by atoms with Crippen molar-refractivity contribution in [1.82, 2.24) is 14.7 Å². The SMILES string of the molecule is Cc1cccn2c(C(C)(CC(C)C)NC=O)ncc12. The van der Waals surface area contributed by atoms with Crippen molar-refractivity contribution in [3.63, 3.8) is 0 Å². The van der Waals surface area contributed by atoms with Crippen molar-refractivity contribution in [3.05, 3.63) is 35.9 Å². The normalized spacial score (nSPS) is 14.6. The Labute approximate surface area is 113 Å². The van der Waals surface area contributed by atoms with Crippen LogP contribution in [0.4, 0.5) is 0 Å². The van der Waals surface area contributed by atoms with Gasteiger partial charge in [-0.15, -0.1) is 0 Å². The molecule has 0 spiro atoms. The Kier molecular flexibility index (Phi) is 3.60. The summed E-state index contributed by atoms with van der Waals surface area (Å²) in [5.74, 6) is 1.35. The highest BCUT2D eigenvalue weighted by Crippen LogP contribution is 2.28. The van der Waals surface area contributed by atoms with E-state index in [0.29, 0.717) is 5.92 Å². The van der Waals surface area contributed by atoms with Gasteiger partial charge in [-0.25, -0.2) is 4.98 Å². The number of nitrogens with one attached hydrogen (secondary N) is 1. The number of nitrogens with zero attached hydrogens (tertiary/aromatic N) is 2. The molecule has 0 saturated carbocycles. The van der Waals surface area contributed by atoms with E-state index in [9.17, 15) is 4.79 Å². The molecule has 0 fully saturated rings. The number of amides is 1. The Morgan fingerprint density at radius 3 is 2.89 bits per heavy atom. The lowest BCUT2D eigenvalue weighted by atomic mass is 9.90. The number of carbonyl (C=O) groups excluding carboxylic acids is 1. The maximum Gasteiger partial charge on any atom is 0.207 e. The van der Waals surface area contributed by atoms with Crippen molar-refractivity contribution in [2.24, 2.45) is 5.92 Å². The first-order chi connectivity index (χ1) is 8.98. The highest BCUT2D eigenvalue weighted by molar-refractivity contribution is 5.55. The van der Waals surface area contributed by atoms with Crippen molar-refractivity contribution in [1.29, 1.82) is 0 Å². The molecule has 0 aliphatic rings. The highest BCUT2D eigenvalue weighted by Gasteiger charge is 2.31. The molecular formula is C15H21N3O. The van der Waals surface area contributed by atoms with Crippen LogP contribution in [-0.4, -0.2) is 15.8 Å². The van der Waals surface area contributed by atoms with Crippen molar-refractivity contribution in [2.45, 2.75) is 39.7 Å². The Balaban J connectivity index is 2.56. The molecule has 1 N–H and O–H groups in total. The van der Waals surface area contributed by atoms with Gasteiger partial charge in [-0.05, 0) is 37.8 Å². The van der Waals surface area contributed by atoms with Crippen LogP contribution in [0.3, 0.4) is 0 Å². The van der Waals surface area contributed by atoms with Gasteiger partial charge in [0.25, 0.3) is 0 Å². The van der Waals surface area contributed by atoms with Crippen LogP contribution in [0.5, 0.6) is 0 Å². The van der Waals surface area contributed by atoms with Crippen LogP contribution >= 0.6 is 0 Å². The van der Waals surface area contributed by atoms with Crippen LogP contribution in [0, 0.1) is 12.8 Å². The second-order valence-corrected chi connectivity index (χ2v) is 5.72. The standard InChI is InChI=1S/C15H21N3O/c1-11(2)8-15(4,17-10-19)14-16-9-13-12(3)6-5-7-18(13)14/h5-7,9-11H,8H2,1-4H3,(H,17,19). The Morgan fingerprint density at radius 1 is 1.53 bits per heavy atom. The summed E-state index contributed by atoms with van der Waals surface area (Å²) in [4.78, 5) is 15.5. The number of hydrogen-bond acceptors (Lipinski definition) is 2. The number of aryl methyl sites for hydroxylation is 1. The second-order valence-electron chi connectivity index (χ2n) is 5.72. The Hall–Kier alpha value is -1.84. The van der Waals surface area contributed by atoms with Crippen LogP contribution in [0.2, 0.25) is 0 Å². The molecule has 1 atom stereocenters. The van der Waals surface area contributed by atoms with Crippen molar-refractivity contribution in [2.75, 3.05) is 0 Å². The first-order valence-corrected chi connectivity index (χ1v) is 6.62. The van der Waals surface area contributed by atoms with Crippen molar-refractivity contribution in [3.8, 4) is 0 Å². The fraction of sp³-hybridized carbons (Fsp3) is 0.467. The largest absolute Gasteiger partial charge is 0.346 e. The van der Waals surface area contributed by atoms with Gasteiger partial charge in [-0.3, -0.25) is 4.79 Å². The van der Waals surface area contributed by atoms with Gasteiger partial charge in [0, 0.05) is 6.20 Å². The lowest BCUT2D eigenvalue weighted by Gasteiger charge is -2.29. The van der Waals surface area contributed by atoms with E-state index in [4.69, 9.17) is 0 Å². The number of fused-ring (bicyclic) bond motifs is 1. The van der Waals surface area contributed by atoms with Gasteiger partial charge >= 0.3 is 0 Å². The molecule has 102 valence electrons. The molecule has 19 heavy (non-hydrogen) atoms. The molecule has 0 aliphatic carbocycles. The van der Waals surface area contributed by atoms with Gasteiger partial charge in [0.2, 0.25) is 6.41 Å². The van der Waals surface area contributed by atoms with Crippen LogP contribution in [0.15, 0.2) is 24.5 Å². The van der Waals surface area contributed by atoms with Crippen molar-refractivity contribution >= 4 is 11.9 Å². The van der Waals surface area contributed by atoms with E-state index in [1.165, 1.54) is 5.56 Å². The van der Waals surface area contributed by atoms with E-state index in [1.807, 2.05) is 25.4 Å². The third-order valence-corrected chi connectivity index (χ3v) is 3.47. The minimum Gasteiger partial charge on any atom is -0.346 e. The number of pyridine rings is 1. The molecule has 2 aromatic heterocycles. The van der Waals surface area contributed by atoms with Crippen LogP contribution < -0.4 is 5.32 Å². The average Bonchev–Trinajstić information content (AvgIpc) is 2.74. The quantitative estimate of drug-likeness (QED) is 0.839. The molecule has 0 saturated heterocycles. The molecule has 2 heterocycles. The summed E-state index contributed by atoms with van der Waals surface area (Å²) in [6, 6.07) is 4.07. The molecular weight excluding hydrogens is 238 g/mol. The topological polar surface area (TPSA) is 46.4 Å². The van der Waals surface area contributed by atoms with Gasteiger partial charge in [-0.2, -0.15) is 0 Å². The van der Waals surface area contributed by atoms with E-state index < -0.39 is 5.54 Å². The monoisotopic (exact) mass is 259 g/mol. The minimum absolute atomic E-state index is 0.448. The van der Waals surface area contributed by atoms with E-state index in [2.05, 4.69) is 41.5 Å². The molecule has 1 unspecified atom stereocenters. The van der Waals surface area contributed by atoms with Crippen molar-refractivity contribution < 1.29 is 4.79 Å². The molecule has 0 aliphatic heterocycles. The van der Waals surface area contributed by atoms with Gasteiger partial charge in [-0.1, -0.05) is 19.9 Å². The fourth-order valence-electron chi connectivity index (χ4n) is 2.73. The van der Waals surface area contributed by atoms with Crippen LogP contribution in [-0.2, 0) is 10.3 Å². The maximum absolute atomic E-state index is 11.0. The summed E-state index contributed by atoms with van der Waals surface area (Å²) in [5, 5.41) is 2.94. The Bertz CT molecular complexity index is 588. The minimum atomic E-state index is -0.448. The third kappa shape index (κ3) is 2.48. The number of carbonyl (C=O) groups is 1. The zero-order valence-electron chi connectivity index (χ0n) is 12.0. The number of hydrogen-bond donors (Lipinski definition) is 1. The molecule has 1 amide bonds. The third-order valence-electron chi connectivity index (χ3n) is 3.47. The molecule has 0 aromatic carbocycles. The summed E-state index contributed by atoms with van der Waals surface area (Å²) < 4.78 is 2.06. The first kappa shape index (κ1) is 13.6. The summed E-state index contributed by atoms with van der Waals surface area (Å²) in [6.45, 7) is 8.38. The zero-order valence-corrected chi connectivity index (χ0v) is 12.0. The number of rotatable bonds is 5. The van der Waals surface area contributed by atoms with E-state index in [0.717, 1.165) is 24.2 Å². The number of aromatic nitrogens is 2. The molecule has 4 heteroatoms. The summed E-state index contributed by atoms with van der Waals surface area (Å²) >= 11 is 0. The maximum atomic E-state index is 11.0. The van der Waals surface area contributed by atoms with E-state index in [1.54, 1.807) is 0 Å². The predicted molar refractivity (Wildman–Crippen MR) is 75.9 cm³/mol. The average molecular weight is 259 g/mol. The van der Waals surface area contributed by atoms with Gasteiger partial charge in [0.05, 0.1) is 17.3 Å². The lowest BCUT2D eigenvalue weighted by molar-refractivity contribution is -0.111. The smallest absolute Gasteiger partial charge is 0.207 e. The highest BCUT2D eigenvalue weighted by atomic mass is 16.1. The van der Waals surface area contributed by atoms with E-state index >= 15 is 0 Å². The second kappa shape index (κ2) is 5.03. The molecule has 2 rings (SSSR count). The first-order valence-electron chi connectivity index (χ1n) is 6.62.